The number of carboxylic acid groups (broad SMARTS) is 1. The summed E-state index contributed by atoms with van der Waals surface area (Å²) in [5, 5.41) is 15.2. The van der Waals surface area contributed by atoms with Crippen molar-refractivity contribution in [2.24, 2.45) is 0 Å². The fourth-order valence-electron chi connectivity index (χ4n) is 1.56. The van der Waals surface area contributed by atoms with Gasteiger partial charge in [-0.1, -0.05) is 0 Å². The van der Waals surface area contributed by atoms with E-state index in [1.54, 1.807) is 13.3 Å². The molecule has 0 aromatic carbocycles. The SMILES string of the molecule is COCCN(Cc1cn[nH]c1C(=O)O)C(C)C. The smallest absolute Gasteiger partial charge is 0.354 e. The van der Waals surface area contributed by atoms with Crippen LogP contribution in [0.3, 0.4) is 0 Å². The van der Waals surface area contributed by atoms with Gasteiger partial charge in [-0.15, -0.1) is 0 Å². The van der Waals surface area contributed by atoms with Crippen molar-refractivity contribution in [3.05, 3.63) is 17.5 Å². The Balaban J connectivity index is 2.71. The number of methoxy groups -OCH3 is 1. The summed E-state index contributed by atoms with van der Waals surface area (Å²) in [5.41, 5.74) is 0.857. The number of ether oxygens (including phenoxy) is 1. The molecule has 0 bridgehead atoms. The monoisotopic (exact) mass is 241 g/mol. The number of carboxylic acids is 1. The predicted octanol–water partition coefficient (Wildman–Crippen LogP) is 0.965. The number of carbonyl (C=O) groups is 1. The number of nitrogens with zero attached hydrogens (tertiary/aromatic N) is 2. The van der Waals surface area contributed by atoms with Gasteiger partial charge in [0.2, 0.25) is 0 Å². The largest absolute Gasteiger partial charge is 0.477 e. The van der Waals surface area contributed by atoms with E-state index in [1.807, 2.05) is 0 Å². The number of aromatic carboxylic acids is 1. The Morgan fingerprint density at radius 1 is 1.65 bits per heavy atom. The molecule has 0 aliphatic rings. The number of hydrogen-bond acceptors (Lipinski definition) is 4. The molecular formula is C11H19N3O3. The van der Waals surface area contributed by atoms with E-state index in [4.69, 9.17) is 9.84 Å². The average molecular weight is 241 g/mol. The quantitative estimate of drug-likeness (QED) is 0.743. The maximum atomic E-state index is 10.9. The van der Waals surface area contributed by atoms with E-state index in [0.29, 0.717) is 24.8 Å². The summed E-state index contributed by atoms with van der Waals surface area (Å²) in [6, 6.07) is 0.321. The van der Waals surface area contributed by atoms with Crippen molar-refractivity contribution >= 4 is 5.97 Å². The van der Waals surface area contributed by atoms with Gasteiger partial charge in [-0.3, -0.25) is 10.00 Å². The molecular weight excluding hydrogens is 222 g/mol. The molecule has 1 rings (SSSR count). The van der Waals surface area contributed by atoms with Gasteiger partial charge >= 0.3 is 5.97 Å². The maximum Gasteiger partial charge on any atom is 0.354 e. The lowest BCUT2D eigenvalue weighted by atomic mass is 10.2. The van der Waals surface area contributed by atoms with Gasteiger partial charge in [0.05, 0.1) is 12.8 Å². The van der Waals surface area contributed by atoms with Gasteiger partial charge in [0.25, 0.3) is 0 Å². The molecule has 0 saturated heterocycles. The molecule has 0 aliphatic heterocycles. The van der Waals surface area contributed by atoms with Crippen molar-refractivity contribution in [2.75, 3.05) is 20.3 Å². The average Bonchev–Trinajstić information content (AvgIpc) is 2.71. The van der Waals surface area contributed by atoms with Crippen LogP contribution < -0.4 is 0 Å². The van der Waals surface area contributed by atoms with Crippen molar-refractivity contribution in [3.63, 3.8) is 0 Å². The zero-order valence-electron chi connectivity index (χ0n) is 10.4. The molecule has 2 N–H and O–H groups in total. The Bertz CT molecular complexity index is 363. The molecule has 0 saturated carbocycles. The van der Waals surface area contributed by atoms with E-state index in [1.165, 1.54) is 0 Å². The Kier molecular flexibility index (Phi) is 5.11. The van der Waals surface area contributed by atoms with Gasteiger partial charge in [-0.2, -0.15) is 5.10 Å². The third kappa shape index (κ3) is 3.83. The van der Waals surface area contributed by atoms with Crippen LogP contribution >= 0.6 is 0 Å². The molecule has 6 nitrogen and oxygen atoms in total. The second-order valence-corrected chi connectivity index (χ2v) is 4.13. The van der Waals surface area contributed by atoms with Crippen LogP contribution in [0.5, 0.6) is 0 Å². The molecule has 1 aromatic rings. The highest BCUT2D eigenvalue weighted by Crippen LogP contribution is 2.11. The molecule has 6 heteroatoms. The predicted molar refractivity (Wildman–Crippen MR) is 63.0 cm³/mol. The van der Waals surface area contributed by atoms with Gasteiger partial charge < -0.3 is 9.84 Å². The highest BCUT2D eigenvalue weighted by atomic mass is 16.5. The van der Waals surface area contributed by atoms with Gasteiger partial charge in [-0.25, -0.2) is 4.79 Å². The summed E-state index contributed by atoms with van der Waals surface area (Å²) in [6.07, 6.45) is 1.56. The summed E-state index contributed by atoms with van der Waals surface area (Å²) in [6.45, 7) is 6.07. The first-order valence-corrected chi connectivity index (χ1v) is 5.54. The number of H-pyrrole nitrogens is 1. The highest BCUT2D eigenvalue weighted by Gasteiger charge is 2.17. The highest BCUT2D eigenvalue weighted by molar-refractivity contribution is 5.86. The molecule has 1 heterocycles. The van der Waals surface area contributed by atoms with E-state index in [-0.39, 0.29) is 5.69 Å². The van der Waals surface area contributed by atoms with Gasteiger partial charge in [0, 0.05) is 31.8 Å². The van der Waals surface area contributed by atoms with E-state index in [0.717, 1.165) is 6.54 Å². The second-order valence-electron chi connectivity index (χ2n) is 4.13. The minimum absolute atomic E-state index is 0.160. The normalized spacial score (nSPS) is 11.4. The van der Waals surface area contributed by atoms with Crippen molar-refractivity contribution in [3.8, 4) is 0 Å². The lowest BCUT2D eigenvalue weighted by Gasteiger charge is -2.25. The van der Waals surface area contributed by atoms with Crippen LogP contribution in [0, 0.1) is 0 Å². The second kappa shape index (κ2) is 6.36. The molecule has 1 aromatic heterocycles. The van der Waals surface area contributed by atoms with Gasteiger partial charge in [0.1, 0.15) is 5.69 Å². The number of nitrogens with one attached hydrogen (secondary N) is 1. The lowest BCUT2D eigenvalue weighted by Crippen LogP contribution is -2.33. The van der Waals surface area contributed by atoms with Crippen LogP contribution in [0.25, 0.3) is 0 Å². The molecule has 0 atom stereocenters. The first-order valence-electron chi connectivity index (χ1n) is 5.54. The molecule has 0 radical (unpaired) electrons. The van der Waals surface area contributed by atoms with E-state index in [9.17, 15) is 4.79 Å². The summed E-state index contributed by atoms with van der Waals surface area (Å²) in [7, 11) is 1.65. The standard InChI is InChI=1S/C11H19N3O3/c1-8(2)14(4-5-17-3)7-9-6-12-13-10(9)11(15)16/h6,8H,4-5,7H2,1-3H3,(H,12,13)(H,15,16). The zero-order chi connectivity index (χ0) is 12.8. The van der Waals surface area contributed by atoms with E-state index < -0.39 is 5.97 Å². The van der Waals surface area contributed by atoms with Crippen LogP contribution in [0.15, 0.2) is 6.20 Å². The summed E-state index contributed by atoms with van der Waals surface area (Å²) >= 11 is 0. The Morgan fingerprint density at radius 3 is 2.88 bits per heavy atom. The third-order valence-corrected chi connectivity index (χ3v) is 2.62. The van der Waals surface area contributed by atoms with Crippen LogP contribution in [0.2, 0.25) is 0 Å². The Morgan fingerprint density at radius 2 is 2.35 bits per heavy atom. The van der Waals surface area contributed by atoms with Crippen LogP contribution in [0.1, 0.15) is 29.9 Å². The Hall–Kier alpha value is -1.40. The number of aromatic nitrogens is 2. The lowest BCUT2D eigenvalue weighted by molar-refractivity contribution is 0.0686. The van der Waals surface area contributed by atoms with Crippen molar-refractivity contribution in [2.45, 2.75) is 26.4 Å². The molecule has 0 aliphatic carbocycles. The molecule has 0 unspecified atom stereocenters. The van der Waals surface area contributed by atoms with Crippen LogP contribution in [-0.2, 0) is 11.3 Å². The fourth-order valence-corrected chi connectivity index (χ4v) is 1.56. The number of aromatic amines is 1. The fraction of sp³-hybridized carbons (Fsp3) is 0.636. The first-order chi connectivity index (χ1) is 8.06. The van der Waals surface area contributed by atoms with Gasteiger partial charge in [-0.05, 0) is 13.8 Å². The Labute approximate surface area is 101 Å². The van der Waals surface area contributed by atoms with Crippen molar-refractivity contribution < 1.29 is 14.6 Å². The minimum atomic E-state index is -0.979. The zero-order valence-corrected chi connectivity index (χ0v) is 10.4. The number of rotatable bonds is 7. The maximum absolute atomic E-state index is 10.9. The topological polar surface area (TPSA) is 78.5 Å². The van der Waals surface area contributed by atoms with Gasteiger partial charge in [0.15, 0.2) is 0 Å². The first kappa shape index (κ1) is 13.7. The van der Waals surface area contributed by atoms with Crippen LogP contribution in [-0.4, -0.2) is 52.5 Å². The molecule has 17 heavy (non-hydrogen) atoms. The molecule has 0 spiro atoms. The summed E-state index contributed by atoms with van der Waals surface area (Å²) < 4.78 is 5.04. The number of hydrogen-bond donors (Lipinski definition) is 2. The minimum Gasteiger partial charge on any atom is -0.477 e. The van der Waals surface area contributed by atoms with E-state index in [2.05, 4.69) is 28.9 Å². The van der Waals surface area contributed by atoms with E-state index >= 15 is 0 Å². The summed E-state index contributed by atoms with van der Waals surface area (Å²) in [4.78, 5) is 13.1. The molecule has 0 amide bonds. The van der Waals surface area contributed by atoms with Crippen molar-refractivity contribution in [1.29, 1.82) is 0 Å². The molecule has 0 fully saturated rings. The van der Waals surface area contributed by atoms with Crippen LogP contribution in [0.4, 0.5) is 0 Å². The summed E-state index contributed by atoms with van der Waals surface area (Å²) in [5.74, 6) is -0.979. The van der Waals surface area contributed by atoms with Crippen molar-refractivity contribution in [1.82, 2.24) is 15.1 Å². The third-order valence-electron chi connectivity index (χ3n) is 2.62. The molecule has 96 valence electrons.